The van der Waals surface area contributed by atoms with E-state index in [0.717, 1.165) is 37.4 Å². The van der Waals surface area contributed by atoms with Crippen LogP contribution in [0.2, 0.25) is 0 Å². The van der Waals surface area contributed by atoms with Gasteiger partial charge in [-0.3, -0.25) is 0 Å². The van der Waals surface area contributed by atoms with E-state index in [1.165, 1.54) is 106 Å². The topological polar surface area (TPSA) is 21.5 Å². The van der Waals surface area contributed by atoms with Crippen LogP contribution >= 0.6 is 0 Å². The van der Waals surface area contributed by atoms with Crippen molar-refractivity contribution in [3.05, 3.63) is 65.2 Å². The van der Waals surface area contributed by atoms with Crippen LogP contribution in [0.1, 0.15) is 114 Å². The van der Waals surface area contributed by atoms with Crippen molar-refractivity contribution in [2.75, 3.05) is 27.3 Å². The van der Waals surface area contributed by atoms with Gasteiger partial charge in [0.1, 0.15) is 6.54 Å². The van der Waals surface area contributed by atoms with Crippen LogP contribution in [0.4, 0.5) is 0 Å². The summed E-state index contributed by atoms with van der Waals surface area (Å²) in [6.45, 7) is 4.29. The SMILES string of the molecule is CCCCCCCCCCCCCCCC1=[N+](C/C=C/c2ccccc2)CCc2cc(OC)c(OC)cc21.[Cl-]. The van der Waals surface area contributed by atoms with Gasteiger partial charge in [-0.05, 0) is 35.8 Å². The minimum Gasteiger partial charge on any atom is -1.00 e. The molecule has 0 unspecified atom stereocenters. The first-order valence-electron chi connectivity index (χ1n) is 15.3. The highest BCUT2D eigenvalue weighted by Gasteiger charge is 2.26. The summed E-state index contributed by atoms with van der Waals surface area (Å²) in [5, 5.41) is 0. The summed E-state index contributed by atoms with van der Waals surface area (Å²) >= 11 is 0. The molecule has 0 saturated heterocycles. The molecule has 2 aromatic rings. The van der Waals surface area contributed by atoms with Gasteiger partial charge in [0.05, 0.1) is 14.2 Å². The van der Waals surface area contributed by atoms with Crippen molar-refractivity contribution >= 4 is 11.8 Å². The van der Waals surface area contributed by atoms with Gasteiger partial charge in [0, 0.05) is 18.4 Å². The van der Waals surface area contributed by atoms with Crippen molar-refractivity contribution in [1.82, 2.24) is 0 Å². The fourth-order valence-corrected chi connectivity index (χ4v) is 5.64. The first-order valence-corrected chi connectivity index (χ1v) is 15.3. The maximum Gasteiger partial charge on any atom is 0.183 e. The molecule has 0 radical (unpaired) electrons. The van der Waals surface area contributed by atoms with E-state index in [1.54, 1.807) is 14.2 Å². The second-order valence-corrected chi connectivity index (χ2v) is 10.8. The molecule has 3 nitrogen and oxygen atoms in total. The molecule has 1 heterocycles. The van der Waals surface area contributed by atoms with E-state index in [4.69, 9.17) is 9.47 Å². The zero-order chi connectivity index (χ0) is 26.8. The Hall–Kier alpha value is -2.26. The second-order valence-electron chi connectivity index (χ2n) is 10.8. The molecule has 3 rings (SSSR count). The fourth-order valence-electron chi connectivity index (χ4n) is 5.64. The van der Waals surface area contributed by atoms with Gasteiger partial charge in [0.2, 0.25) is 0 Å². The lowest BCUT2D eigenvalue weighted by atomic mass is 9.92. The summed E-state index contributed by atoms with van der Waals surface area (Å²) in [5.41, 5.74) is 5.46. The molecule has 0 aliphatic carbocycles. The molecule has 4 heteroatoms. The monoisotopic (exact) mass is 553 g/mol. The van der Waals surface area contributed by atoms with E-state index in [9.17, 15) is 0 Å². The van der Waals surface area contributed by atoms with Crippen molar-refractivity contribution < 1.29 is 26.5 Å². The van der Waals surface area contributed by atoms with Crippen LogP contribution in [-0.2, 0) is 6.42 Å². The van der Waals surface area contributed by atoms with Crippen molar-refractivity contribution in [2.24, 2.45) is 0 Å². The summed E-state index contributed by atoms with van der Waals surface area (Å²) in [7, 11) is 3.46. The standard InChI is InChI=1S/C35H52NO2.ClH/c1-4-5-6-7-8-9-10-11-12-13-14-15-19-24-33-32-29-35(38-3)34(37-2)28-31(32)25-27-36(33)26-20-23-30-21-17-16-18-22-30;/h16-18,20-23,28-29H,4-15,19,24-27H2,1-3H3;1H/q+1;/p-1/b23-20+;. The highest BCUT2D eigenvalue weighted by atomic mass is 35.5. The van der Waals surface area contributed by atoms with Gasteiger partial charge in [-0.1, -0.05) is 120 Å². The third-order valence-electron chi connectivity index (χ3n) is 7.91. The lowest BCUT2D eigenvalue weighted by Crippen LogP contribution is -3.00. The van der Waals surface area contributed by atoms with E-state index < -0.39 is 0 Å². The number of benzene rings is 2. The smallest absolute Gasteiger partial charge is 0.183 e. The van der Waals surface area contributed by atoms with Gasteiger partial charge in [-0.25, -0.2) is 4.58 Å². The zero-order valence-corrected chi connectivity index (χ0v) is 25.6. The maximum absolute atomic E-state index is 5.68. The molecular weight excluding hydrogens is 502 g/mol. The number of hydrogen-bond donors (Lipinski definition) is 0. The first kappa shape index (κ1) is 32.9. The molecule has 1 aliphatic rings. The van der Waals surface area contributed by atoms with Crippen LogP contribution in [-0.4, -0.2) is 37.6 Å². The summed E-state index contributed by atoms with van der Waals surface area (Å²) in [6, 6.07) is 15.0. The summed E-state index contributed by atoms with van der Waals surface area (Å²) in [5.74, 6) is 1.67. The van der Waals surface area contributed by atoms with Crippen molar-refractivity contribution in [2.45, 2.75) is 103 Å². The molecule has 0 fully saturated rings. The van der Waals surface area contributed by atoms with Gasteiger partial charge in [0.15, 0.2) is 23.8 Å². The Morgan fingerprint density at radius 2 is 1.31 bits per heavy atom. The van der Waals surface area contributed by atoms with Crippen LogP contribution in [0.3, 0.4) is 0 Å². The molecule has 0 spiro atoms. The second kappa shape index (κ2) is 19.7. The third-order valence-corrected chi connectivity index (χ3v) is 7.91. The highest BCUT2D eigenvalue weighted by Crippen LogP contribution is 2.33. The summed E-state index contributed by atoms with van der Waals surface area (Å²) in [6.07, 6.45) is 24.8. The van der Waals surface area contributed by atoms with Crippen molar-refractivity contribution in [3.63, 3.8) is 0 Å². The van der Waals surface area contributed by atoms with Crippen LogP contribution in [0.15, 0.2) is 48.5 Å². The Balaban J connectivity index is 0.00000533. The lowest BCUT2D eigenvalue weighted by molar-refractivity contribution is -0.519. The number of halogens is 1. The minimum absolute atomic E-state index is 0. The molecule has 0 saturated carbocycles. The van der Waals surface area contributed by atoms with E-state index in [0.29, 0.717) is 0 Å². The van der Waals surface area contributed by atoms with Crippen molar-refractivity contribution in [1.29, 1.82) is 0 Å². The summed E-state index contributed by atoms with van der Waals surface area (Å²) < 4.78 is 13.9. The van der Waals surface area contributed by atoms with Gasteiger partial charge < -0.3 is 21.9 Å². The molecule has 2 aromatic carbocycles. The van der Waals surface area contributed by atoms with E-state index >= 15 is 0 Å². The Morgan fingerprint density at radius 3 is 1.90 bits per heavy atom. The highest BCUT2D eigenvalue weighted by molar-refractivity contribution is 5.99. The van der Waals surface area contributed by atoms with E-state index in [1.807, 2.05) is 0 Å². The molecule has 0 atom stereocenters. The number of hydrogen-bond acceptors (Lipinski definition) is 2. The van der Waals surface area contributed by atoms with Gasteiger partial charge >= 0.3 is 0 Å². The van der Waals surface area contributed by atoms with Crippen LogP contribution in [0.5, 0.6) is 11.5 Å². The first-order chi connectivity index (χ1) is 18.8. The Kier molecular flexibility index (Phi) is 16.7. The van der Waals surface area contributed by atoms with Gasteiger partial charge in [-0.2, -0.15) is 0 Å². The Morgan fingerprint density at radius 1 is 0.744 bits per heavy atom. The minimum atomic E-state index is 0. The molecule has 0 aromatic heterocycles. The maximum atomic E-state index is 5.68. The van der Waals surface area contributed by atoms with Crippen LogP contribution < -0.4 is 21.9 Å². The average molecular weight is 554 g/mol. The van der Waals surface area contributed by atoms with Gasteiger partial charge in [0.25, 0.3) is 0 Å². The molecular formula is C35H52ClNO2. The Bertz CT molecular complexity index is 999. The Labute approximate surface area is 245 Å². The number of nitrogens with zero attached hydrogens (tertiary/aromatic N) is 1. The predicted molar refractivity (Wildman–Crippen MR) is 163 cm³/mol. The normalized spacial score (nSPS) is 12.9. The number of methoxy groups -OCH3 is 2. The number of ether oxygens (including phenoxy) is 2. The predicted octanol–water partition coefficient (Wildman–Crippen LogP) is 6.26. The number of fused-ring (bicyclic) bond motifs is 1. The summed E-state index contributed by atoms with van der Waals surface area (Å²) in [4.78, 5) is 0. The van der Waals surface area contributed by atoms with Crippen LogP contribution in [0.25, 0.3) is 6.08 Å². The lowest BCUT2D eigenvalue weighted by Gasteiger charge is -2.20. The van der Waals surface area contributed by atoms with Gasteiger partial charge in [-0.15, -0.1) is 0 Å². The molecule has 0 amide bonds. The molecule has 216 valence electrons. The molecule has 1 aliphatic heterocycles. The third kappa shape index (κ3) is 11.4. The largest absolute Gasteiger partial charge is 1.00 e. The van der Waals surface area contributed by atoms with Crippen LogP contribution in [0, 0.1) is 0 Å². The molecule has 39 heavy (non-hydrogen) atoms. The quantitative estimate of drug-likeness (QED) is 0.151. The molecule has 0 N–H and O–H groups in total. The number of rotatable bonds is 19. The number of unbranched alkanes of at least 4 members (excludes halogenated alkanes) is 12. The zero-order valence-electron chi connectivity index (χ0n) is 24.9. The fraction of sp³-hybridized carbons (Fsp3) is 0.571. The molecule has 0 bridgehead atoms. The average Bonchev–Trinajstić information content (AvgIpc) is 2.95. The van der Waals surface area contributed by atoms with E-state index in [2.05, 4.69) is 66.1 Å². The van der Waals surface area contributed by atoms with E-state index in [-0.39, 0.29) is 12.4 Å². The van der Waals surface area contributed by atoms with Crippen molar-refractivity contribution in [3.8, 4) is 11.5 Å².